The van der Waals surface area contributed by atoms with Gasteiger partial charge >= 0.3 is 0 Å². The van der Waals surface area contributed by atoms with Crippen LogP contribution in [0.1, 0.15) is 30.9 Å². The highest BCUT2D eigenvalue weighted by molar-refractivity contribution is 5.64. The average molecular weight is 286 g/mol. The Morgan fingerprint density at radius 1 is 1.29 bits per heavy atom. The zero-order valence-electron chi connectivity index (χ0n) is 12.9. The summed E-state index contributed by atoms with van der Waals surface area (Å²) < 4.78 is 0. The monoisotopic (exact) mass is 286 g/mol. The van der Waals surface area contributed by atoms with Gasteiger partial charge in [0.15, 0.2) is 0 Å². The van der Waals surface area contributed by atoms with Crippen molar-refractivity contribution in [2.45, 2.75) is 32.3 Å². The first kappa shape index (κ1) is 15.6. The molecule has 1 aromatic rings. The zero-order chi connectivity index (χ0) is 15.2. The van der Waals surface area contributed by atoms with Gasteiger partial charge in [-0.25, -0.2) is 0 Å². The Morgan fingerprint density at radius 3 is 2.67 bits per heavy atom. The standard InChI is InChI=1S/C18H26N2O/c1-4-16-7-5-6-8-17(16)13(2)20-12-18(21)14(3)19-11-15-9-10-15/h5-8,15,18-21H,2-4,9-12H2,1H3. The Bertz CT molecular complexity index is 506. The molecule has 0 saturated heterocycles. The van der Waals surface area contributed by atoms with Gasteiger partial charge in [0.1, 0.15) is 6.10 Å². The summed E-state index contributed by atoms with van der Waals surface area (Å²) in [7, 11) is 0. The first-order chi connectivity index (χ1) is 10.1. The van der Waals surface area contributed by atoms with Gasteiger partial charge in [0, 0.05) is 30.0 Å². The summed E-state index contributed by atoms with van der Waals surface area (Å²) in [6, 6.07) is 8.21. The van der Waals surface area contributed by atoms with E-state index in [1.165, 1.54) is 18.4 Å². The second-order valence-electron chi connectivity index (χ2n) is 5.74. The lowest BCUT2D eigenvalue weighted by Crippen LogP contribution is -2.33. The molecule has 0 aromatic heterocycles. The lowest BCUT2D eigenvalue weighted by Gasteiger charge is -2.19. The van der Waals surface area contributed by atoms with E-state index in [2.05, 4.69) is 42.8 Å². The van der Waals surface area contributed by atoms with Crippen LogP contribution in [0.3, 0.4) is 0 Å². The van der Waals surface area contributed by atoms with Gasteiger partial charge in [-0.05, 0) is 30.7 Å². The van der Waals surface area contributed by atoms with E-state index in [9.17, 15) is 5.11 Å². The van der Waals surface area contributed by atoms with Gasteiger partial charge in [-0.3, -0.25) is 0 Å². The molecule has 1 saturated carbocycles. The van der Waals surface area contributed by atoms with Crippen LogP contribution in [0.5, 0.6) is 0 Å². The third-order valence-corrected chi connectivity index (χ3v) is 3.95. The third kappa shape index (κ3) is 4.64. The summed E-state index contributed by atoms with van der Waals surface area (Å²) in [6.07, 6.45) is 2.95. The molecule has 0 bridgehead atoms. The highest BCUT2D eigenvalue weighted by Gasteiger charge is 2.21. The van der Waals surface area contributed by atoms with Gasteiger partial charge in [0.25, 0.3) is 0 Å². The smallest absolute Gasteiger partial charge is 0.110 e. The van der Waals surface area contributed by atoms with Gasteiger partial charge in [-0.1, -0.05) is 44.3 Å². The minimum absolute atomic E-state index is 0.424. The van der Waals surface area contributed by atoms with Gasteiger partial charge in [0.2, 0.25) is 0 Å². The van der Waals surface area contributed by atoms with Gasteiger partial charge in [-0.15, -0.1) is 0 Å². The largest absolute Gasteiger partial charge is 0.386 e. The van der Waals surface area contributed by atoms with Crippen molar-refractivity contribution in [3.8, 4) is 0 Å². The molecule has 3 nitrogen and oxygen atoms in total. The molecule has 0 radical (unpaired) electrons. The van der Waals surface area contributed by atoms with Crippen molar-refractivity contribution < 1.29 is 5.11 Å². The summed E-state index contributed by atoms with van der Waals surface area (Å²) in [5.74, 6) is 0.772. The number of benzene rings is 1. The molecule has 3 N–H and O–H groups in total. The van der Waals surface area contributed by atoms with Crippen molar-refractivity contribution in [3.05, 3.63) is 54.2 Å². The fourth-order valence-electron chi connectivity index (χ4n) is 2.28. The van der Waals surface area contributed by atoms with Crippen LogP contribution in [0.15, 0.2) is 43.1 Å². The first-order valence-corrected chi connectivity index (χ1v) is 7.73. The maximum atomic E-state index is 10.1. The van der Waals surface area contributed by atoms with E-state index in [4.69, 9.17) is 0 Å². The fourth-order valence-corrected chi connectivity index (χ4v) is 2.28. The Hall–Kier alpha value is -1.74. The number of aryl methyl sites for hydroxylation is 1. The van der Waals surface area contributed by atoms with Crippen molar-refractivity contribution in [1.29, 1.82) is 0 Å². The number of hydrogen-bond acceptors (Lipinski definition) is 3. The van der Waals surface area contributed by atoms with Gasteiger partial charge in [0.05, 0.1) is 0 Å². The lowest BCUT2D eigenvalue weighted by molar-refractivity contribution is 0.204. The Morgan fingerprint density at radius 2 is 2.00 bits per heavy atom. The van der Waals surface area contributed by atoms with Gasteiger partial charge in [-0.2, -0.15) is 0 Å². The molecule has 0 heterocycles. The molecule has 1 atom stereocenters. The predicted octanol–water partition coefficient (Wildman–Crippen LogP) is 2.68. The fraction of sp³-hybridized carbons (Fsp3) is 0.444. The first-order valence-electron chi connectivity index (χ1n) is 7.73. The molecule has 0 spiro atoms. The molecular formula is C18H26N2O. The summed E-state index contributed by atoms with van der Waals surface area (Å²) >= 11 is 0. The molecule has 1 fully saturated rings. The maximum Gasteiger partial charge on any atom is 0.110 e. The van der Waals surface area contributed by atoms with Crippen LogP contribution in [0.4, 0.5) is 0 Å². The molecule has 3 heteroatoms. The lowest BCUT2D eigenvalue weighted by atomic mass is 10.0. The molecule has 1 unspecified atom stereocenters. The van der Waals surface area contributed by atoms with E-state index in [-0.39, 0.29) is 0 Å². The van der Waals surface area contributed by atoms with Crippen molar-refractivity contribution in [2.24, 2.45) is 5.92 Å². The highest BCUT2D eigenvalue weighted by atomic mass is 16.3. The zero-order valence-corrected chi connectivity index (χ0v) is 12.9. The summed E-state index contributed by atoms with van der Waals surface area (Å²) in [5.41, 5.74) is 3.91. The molecule has 1 aliphatic rings. The van der Waals surface area contributed by atoms with Crippen molar-refractivity contribution in [3.63, 3.8) is 0 Å². The molecule has 114 valence electrons. The van der Waals surface area contributed by atoms with E-state index in [0.29, 0.717) is 12.2 Å². The van der Waals surface area contributed by atoms with Crippen molar-refractivity contribution in [2.75, 3.05) is 13.1 Å². The number of rotatable bonds is 9. The topological polar surface area (TPSA) is 44.3 Å². The van der Waals surface area contributed by atoms with Crippen LogP contribution in [-0.2, 0) is 6.42 Å². The van der Waals surface area contributed by atoms with Crippen LogP contribution >= 0.6 is 0 Å². The summed E-state index contributed by atoms with van der Waals surface area (Å²) in [4.78, 5) is 0. The van der Waals surface area contributed by atoms with Crippen molar-refractivity contribution in [1.82, 2.24) is 10.6 Å². The van der Waals surface area contributed by atoms with E-state index >= 15 is 0 Å². The molecule has 0 aliphatic heterocycles. The summed E-state index contributed by atoms with van der Waals surface area (Å²) in [5, 5.41) is 16.5. The molecule has 1 aliphatic carbocycles. The number of nitrogens with one attached hydrogen (secondary N) is 2. The quantitative estimate of drug-likeness (QED) is 0.654. The average Bonchev–Trinajstić information content (AvgIpc) is 3.34. The Balaban J connectivity index is 1.80. The van der Waals surface area contributed by atoms with E-state index in [1.807, 2.05) is 12.1 Å². The Labute approximate surface area is 127 Å². The highest BCUT2D eigenvalue weighted by Crippen LogP contribution is 2.27. The number of hydrogen-bond donors (Lipinski definition) is 3. The minimum Gasteiger partial charge on any atom is -0.386 e. The Kier molecular flexibility index (Phi) is 5.45. The third-order valence-electron chi connectivity index (χ3n) is 3.95. The molecule has 2 rings (SSSR count). The predicted molar refractivity (Wildman–Crippen MR) is 88.7 cm³/mol. The summed E-state index contributed by atoms with van der Waals surface area (Å²) in [6.45, 7) is 11.5. The van der Waals surface area contributed by atoms with Crippen molar-refractivity contribution >= 4 is 5.70 Å². The minimum atomic E-state index is -0.603. The van der Waals surface area contributed by atoms with Crippen LogP contribution in [-0.4, -0.2) is 24.3 Å². The van der Waals surface area contributed by atoms with E-state index in [0.717, 1.165) is 30.1 Å². The van der Waals surface area contributed by atoms with E-state index < -0.39 is 6.10 Å². The molecule has 0 amide bonds. The maximum absolute atomic E-state index is 10.1. The van der Waals surface area contributed by atoms with E-state index in [1.54, 1.807) is 0 Å². The number of aliphatic hydroxyl groups is 1. The molecule has 21 heavy (non-hydrogen) atoms. The number of aliphatic hydroxyl groups excluding tert-OH is 1. The normalized spacial score (nSPS) is 15.3. The van der Waals surface area contributed by atoms with Gasteiger partial charge < -0.3 is 15.7 Å². The van der Waals surface area contributed by atoms with Crippen LogP contribution in [0, 0.1) is 5.92 Å². The molecular weight excluding hydrogens is 260 g/mol. The second-order valence-corrected chi connectivity index (χ2v) is 5.74. The SMILES string of the molecule is C=C(NCC(O)C(=C)NCC1CC1)c1ccccc1CC. The van der Waals surface area contributed by atoms with Crippen LogP contribution < -0.4 is 10.6 Å². The van der Waals surface area contributed by atoms with Crippen LogP contribution in [0.25, 0.3) is 5.70 Å². The second kappa shape index (κ2) is 7.32. The molecule has 1 aromatic carbocycles. The van der Waals surface area contributed by atoms with Crippen LogP contribution in [0.2, 0.25) is 0 Å².